The second kappa shape index (κ2) is 7.52. The molecule has 0 radical (unpaired) electrons. The maximum atomic E-state index is 10.7. The molecule has 0 saturated heterocycles. The van der Waals surface area contributed by atoms with Crippen molar-refractivity contribution in [1.29, 1.82) is 0 Å². The lowest BCUT2D eigenvalue weighted by Gasteiger charge is -2.08. The SMILES string of the molecule is CC(C)OCCCCNc1cc([N+](=O)[O-])cc(N)n1. The Morgan fingerprint density at radius 2 is 2.21 bits per heavy atom. The van der Waals surface area contributed by atoms with Gasteiger partial charge >= 0.3 is 0 Å². The lowest BCUT2D eigenvalue weighted by Crippen LogP contribution is -2.08. The number of nitrogens with one attached hydrogen (secondary N) is 1. The summed E-state index contributed by atoms with van der Waals surface area (Å²) in [6.45, 7) is 5.38. The van der Waals surface area contributed by atoms with Crippen LogP contribution in [0.2, 0.25) is 0 Å². The molecular formula is C12H20N4O3. The van der Waals surface area contributed by atoms with Gasteiger partial charge in [-0.15, -0.1) is 0 Å². The Kier molecular flexibility index (Phi) is 6.01. The Bertz CT molecular complexity index is 423. The Hall–Kier alpha value is -1.89. The molecule has 3 N–H and O–H groups in total. The van der Waals surface area contributed by atoms with Gasteiger partial charge in [0.1, 0.15) is 11.6 Å². The van der Waals surface area contributed by atoms with E-state index in [0.717, 1.165) is 12.8 Å². The fourth-order valence-electron chi connectivity index (χ4n) is 1.50. The monoisotopic (exact) mass is 268 g/mol. The molecule has 0 saturated carbocycles. The highest BCUT2D eigenvalue weighted by Gasteiger charge is 2.09. The van der Waals surface area contributed by atoms with E-state index in [9.17, 15) is 10.1 Å². The molecule has 1 heterocycles. The number of nitrogens with zero attached hydrogens (tertiary/aromatic N) is 2. The van der Waals surface area contributed by atoms with E-state index in [0.29, 0.717) is 19.0 Å². The highest BCUT2D eigenvalue weighted by Crippen LogP contribution is 2.18. The molecule has 0 spiro atoms. The minimum atomic E-state index is -0.486. The lowest BCUT2D eigenvalue weighted by molar-refractivity contribution is -0.384. The predicted molar refractivity (Wildman–Crippen MR) is 74.1 cm³/mol. The first kappa shape index (κ1) is 15.2. The van der Waals surface area contributed by atoms with Crippen LogP contribution in [0.5, 0.6) is 0 Å². The average molecular weight is 268 g/mol. The molecule has 7 heteroatoms. The number of rotatable bonds is 8. The highest BCUT2D eigenvalue weighted by molar-refractivity contribution is 5.52. The van der Waals surface area contributed by atoms with Crippen LogP contribution in [0.1, 0.15) is 26.7 Å². The molecule has 0 fully saturated rings. The summed E-state index contributed by atoms with van der Waals surface area (Å²) in [5.74, 6) is 0.566. The summed E-state index contributed by atoms with van der Waals surface area (Å²) in [5, 5.41) is 13.7. The second-order valence-corrected chi connectivity index (χ2v) is 4.45. The van der Waals surface area contributed by atoms with Crippen molar-refractivity contribution >= 4 is 17.3 Å². The summed E-state index contributed by atoms with van der Waals surface area (Å²) in [7, 11) is 0. The summed E-state index contributed by atoms with van der Waals surface area (Å²) < 4.78 is 5.41. The number of ether oxygens (including phenoxy) is 1. The van der Waals surface area contributed by atoms with E-state index >= 15 is 0 Å². The molecule has 19 heavy (non-hydrogen) atoms. The van der Waals surface area contributed by atoms with Gasteiger partial charge in [-0.1, -0.05) is 0 Å². The first-order valence-corrected chi connectivity index (χ1v) is 6.26. The number of anilines is 2. The molecule has 0 aliphatic rings. The fourth-order valence-corrected chi connectivity index (χ4v) is 1.50. The van der Waals surface area contributed by atoms with Gasteiger partial charge in [0.05, 0.1) is 23.2 Å². The van der Waals surface area contributed by atoms with Crippen molar-refractivity contribution < 1.29 is 9.66 Å². The molecule has 0 aliphatic heterocycles. The summed E-state index contributed by atoms with van der Waals surface area (Å²) in [6.07, 6.45) is 2.07. The van der Waals surface area contributed by atoms with Crippen molar-refractivity contribution in [2.45, 2.75) is 32.8 Å². The molecule has 0 atom stereocenters. The average Bonchev–Trinajstić information content (AvgIpc) is 2.32. The van der Waals surface area contributed by atoms with Gasteiger partial charge in [0.15, 0.2) is 0 Å². The molecule has 0 aromatic carbocycles. The quantitative estimate of drug-likeness (QED) is 0.425. The van der Waals surface area contributed by atoms with Crippen LogP contribution in [-0.4, -0.2) is 29.2 Å². The van der Waals surface area contributed by atoms with Crippen molar-refractivity contribution in [2.75, 3.05) is 24.2 Å². The van der Waals surface area contributed by atoms with E-state index in [1.165, 1.54) is 12.1 Å². The third kappa shape index (κ3) is 6.01. The number of unbranched alkanes of at least 4 members (excludes halogenated alkanes) is 1. The van der Waals surface area contributed by atoms with E-state index < -0.39 is 4.92 Å². The van der Waals surface area contributed by atoms with Gasteiger partial charge in [-0.2, -0.15) is 0 Å². The van der Waals surface area contributed by atoms with Crippen LogP contribution >= 0.6 is 0 Å². The Labute approximate surface area is 112 Å². The summed E-state index contributed by atoms with van der Waals surface area (Å²) in [6, 6.07) is 2.61. The highest BCUT2D eigenvalue weighted by atomic mass is 16.6. The third-order valence-corrected chi connectivity index (χ3v) is 2.37. The first-order valence-electron chi connectivity index (χ1n) is 6.26. The van der Waals surface area contributed by atoms with E-state index in [4.69, 9.17) is 10.5 Å². The minimum Gasteiger partial charge on any atom is -0.383 e. The molecule has 106 valence electrons. The molecule has 1 rings (SSSR count). The van der Waals surface area contributed by atoms with Gasteiger partial charge in [0.2, 0.25) is 0 Å². The predicted octanol–water partition coefficient (Wildman–Crippen LogP) is 2.19. The minimum absolute atomic E-state index is 0.0573. The van der Waals surface area contributed by atoms with E-state index in [-0.39, 0.29) is 17.6 Å². The second-order valence-electron chi connectivity index (χ2n) is 4.45. The number of pyridine rings is 1. The van der Waals surface area contributed by atoms with Gasteiger partial charge < -0.3 is 15.8 Å². The Balaban J connectivity index is 2.35. The van der Waals surface area contributed by atoms with Crippen molar-refractivity contribution in [2.24, 2.45) is 0 Å². The van der Waals surface area contributed by atoms with Crippen molar-refractivity contribution in [1.82, 2.24) is 4.98 Å². The molecule has 1 aromatic heterocycles. The fraction of sp³-hybridized carbons (Fsp3) is 0.583. The largest absolute Gasteiger partial charge is 0.383 e. The van der Waals surface area contributed by atoms with Crippen LogP contribution in [0.4, 0.5) is 17.3 Å². The van der Waals surface area contributed by atoms with Crippen molar-refractivity contribution in [3.63, 3.8) is 0 Å². The zero-order chi connectivity index (χ0) is 14.3. The maximum Gasteiger partial charge on any atom is 0.276 e. The number of hydrogen-bond acceptors (Lipinski definition) is 6. The van der Waals surface area contributed by atoms with Crippen LogP contribution < -0.4 is 11.1 Å². The zero-order valence-corrected chi connectivity index (χ0v) is 11.3. The van der Waals surface area contributed by atoms with E-state index in [2.05, 4.69) is 10.3 Å². The molecule has 0 bridgehead atoms. The molecule has 0 amide bonds. The topological polar surface area (TPSA) is 103 Å². The lowest BCUT2D eigenvalue weighted by atomic mass is 10.3. The number of nitrogen functional groups attached to an aromatic ring is 1. The Morgan fingerprint density at radius 3 is 2.84 bits per heavy atom. The van der Waals surface area contributed by atoms with Crippen LogP contribution in [0.15, 0.2) is 12.1 Å². The third-order valence-electron chi connectivity index (χ3n) is 2.37. The molecule has 1 aromatic rings. The van der Waals surface area contributed by atoms with E-state index in [1.54, 1.807) is 0 Å². The standard InChI is InChI=1S/C12H20N4O3/c1-9(2)19-6-4-3-5-14-12-8-10(16(17)18)7-11(13)15-12/h7-9H,3-6H2,1-2H3,(H3,13,14,15). The van der Waals surface area contributed by atoms with Crippen LogP contribution in [0.25, 0.3) is 0 Å². The summed E-state index contributed by atoms with van der Waals surface area (Å²) in [4.78, 5) is 14.2. The number of nitrogens with two attached hydrogens (primary N) is 1. The van der Waals surface area contributed by atoms with E-state index in [1.807, 2.05) is 13.8 Å². The molecule has 7 nitrogen and oxygen atoms in total. The van der Waals surface area contributed by atoms with Crippen LogP contribution in [0.3, 0.4) is 0 Å². The number of hydrogen-bond donors (Lipinski definition) is 2. The van der Waals surface area contributed by atoms with Gasteiger partial charge in [0, 0.05) is 13.2 Å². The van der Waals surface area contributed by atoms with Gasteiger partial charge in [-0.25, -0.2) is 4.98 Å². The van der Waals surface area contributed by atoms with Crippen molar-refractivity contribution in [3.05, 3.63) is 22.2 Å². The smallest absolute Gasteiger partial charge is 0.276 e. The Morgan fingerprint density at radius 1 is 1.47 bits per heavy atom. The number of nitro groups is 1. The molecule has 0 unspecified atom stereocenters. The summed E-state index contributed by atoms with van der Waals surface area (Å²) >= 11 is 0. The normalized spacial score (nSPS) is 10.7. The zero-order valence-electron chi connectivity index (χ0n) is 11.3. The maximum absolute atomic E-state index is 10.7. The number of aromatic nitrogens is 1. The van der Waals surface area contributed by atoms with Crippen molar-refractivity contribution in [3.8, 4) is 0 Å². The van der Waals surface area contributed by atoms with Gasteiger partial charge in [0.25, 0.3) is 5.69 Å². The van der Waals surface area contributed by atoms with Crippen LogP contribution in [0, 0.1) is 10.1 Å². The van der Waals surface area contributed by atoms with Gasteiger partial charge in [-0.3, -0.25) is 10.1 Å². The molecular weight excluding hydrogens is 248 g/mol. The van der Waals surface area contributed by atoms with Gasteiger partial charge in [-0.05, 0) is 26.7 Å². The molecule has 0 aliphatic carbocycles. The summed E-state index contributed by atoms with van der Waals surface area (Å²) in [5.41, 5.74) is 5.45. The van der Waals surface area contributed by atoms with Crippen LogP contribution in [-0.2, 0) is 4.74 Å². The first-order chi connectivity index (χ1) is 8.99.